The van der Waals surface area contributed by atoms with E-state index in [0.717, 1.165) is 28.3 Å². The van der Waals surface area contributed by atoms with Crippen molar-refractivity contribution in [2.75, 3.05) is 4.90 Å². The highest BCUT2D eigenvalue weighted by molar-refractivity contribution is 7.89. The second-order valence-corrected chi connectivity index (χ2v) is 7.58. The summed E-state index contributed by atoms with van der Waals surface area (Å²) in [4.78, 5) is 2.40. The van der Waals surface area contributed by atoms with Gasteiger partial charge in [-0.3, -0.25) is 0 Å². The van der Waals surface area contributed by atoms with E-state index in [9.17, 15) is 8.42 Å². The Bertz CT molecular complexity index is 821. The summed E-state index contributed by atoms with van der Waals surface area (Å²) in [6, 6.07) is 13.1. The molecule has 1 aliphatic heterocycles. The highest BCUT2D eigenvalue weighted by Gasteiger charge is 2.27. The summed E-state index contributed by atoms with van der Waals surface area (Å²) in [6.45, 7) is 2.82. The zero-order valence-corrected chi connectivity index (χ0v) is 13.7. The maximum Gasteiger partial charge on any atom is 0.238 e. The van der Waals surface area contributed by atoms with Crippen LogP contribution < -0.4 is 10.0 Å². The SMILES string of the molecule is C[C@@H]1Cc2cc(S(N)(=O)=O)ccc2N1Cc1ccccc1Cl. The molecule has 2 N–H and O–H groups in total. The fourth-order valence-corrected chi connectivity index (χ4v) is 3.66. The molecule has 0 saturated heterocycles. The molecule has 22 heavy (non-hydrogen) atoms. The van der Waals surface area contributed by atoms with Gasteiger partial charge in [0.05, 0.1) is 4.90 Å². The Balaban J connectivity index is 1.95. The molecule has 1 heterocycles. The second-order valence-electron chi connectivity index (χ2n) is 5.61. The third-order valence-corrected chi connectivity index (χ3v) is 5.31. The van der Waals surface area contributed by atoms with Crippen LogP contribution in [0.25, 0.3) is 0 Å². The first-order valence-electron chi connectivity index (χ1n) is 7.02. The fraction of sp³-hybridized carbons (Fsp3) is 0.250. The summed E-state index contributed by atoms with van der Waals surface area (Å²) in [7, 11) is -3.66. The van der Waals surface area contributed by atoms with Gasteiger partial charge in [0.25, 0.3) is 0 Å². The first-order chi connectivity index (χ1) is 10.4. The van der Waals surface area contributed by atoms with Crippen molar-refractivity contribution in [3.05, 3.63) is 58.6 Å². The predicted molar refractivity (Wildman–Crippen MR) is 88.6 cm³/mol. The van der Waals surface area contributed by atoms with E-state index >= 15 is 0 Å². The minimum Gasteiger partial charge on any atom is -0.364 e. The van der Waals surface area contributed by atoms with Gasteiger partial charge in [0.1, 0.15) is 0 Å². The molecule has 4 nitrogen and oxygen atoms in total. The topological polar surface area (TPSA) is 63.4 Å². The number of nitrogens with two attached hydrogens (primary N) is 1. The van der Waals surface area contributed by atoms with Crippen LogP contribution in [0.1, 0.15) is 18.1 Å². The van der Waals surface area contributed by atoms with E-state index in [2.05, 4.69) is 11.8 Å². The van der Waals surface area contributed by atoms with Crippen molar-refractivity contribution < 1.29 is 8.42 Å². The van der Waals surface area contributed by atoms with Crippen molar-refractivity contribution in [2.24, 2.45) is 5.14 Å². The molecule has 2 aromatic rings. The maximum atomic E-state index is 11.5. The molecule has 0 spiro atoms. The van der Waals surface area contributed by atoms with Crippen LogP contribution in [-0.4, -0.2) is 14.5 Å². The Labute approximate surface area is 135 Å². The van der Waals surface area contributed by atoms with Crippen molar-refractivity contribution in [3.63, 3.8) is 0 Å². The zero-order chi connectivity index (χ0) is 15.9. The molecule has 6 heteroatoms. The molecule has 0 unspecified atom stereocenters. The lowest BCUT2D eigenvalue weighted by molar-refractivity contribution is 0.597. The van der Waals surface area contributed by atoms with Crippen LogP contribution in [0.2, 0.25) is 5.02 Å². The van der Waals surface area contributed by atoms with E-state index in [1.165, 1.54) is 0 Å². The number of hydrogen-bond acceptors (Lipinski definition) is 3. The molecule has 0 aliphatic carbocycles. The summed E-state index contributed by atoms with van der Waals surface area (Å²) in [6.07, 6.45) is 0.795. The molecular formula is C16H17ClN2O2S. The monoisotopic (exact) mass is 336 g/mol. The quantitative estimate of drug-likeness (QED) is 0.937. The Morgan fingerprint density at radius 3 is 2.68 bits per heavy atom. The van der Waals surface area contributed by atoms with Crippen molar-refractivity contribution in [1.29, 1.82) is 0 Å². The van der Waals surface area contributed by atoms with Crippen LogP contribution >= 0.6 is 11.6 Å². The molecule has 0 radical (unpaired) electrons. The summed E-state index contributed by atoms with van der Waals surface area (Å²) in [5, 5.41) is 5.94. The molecule has 2 aromatic carbocycles. The zero-order valence-electron chi connectivity index (χ0n) is 12.2. The van der Waals surface area contributed by atoms with E-state index in [0.29, 0.717) is 6.54 Å². The van der Waals surface area contributed by atoms with Crippen molar-refractivity contribution in [1.82, 2.24) is 0 Å². The van der Waals surface area contributed by atoms with Crippen LogP contribution in [0.5, 0.6) is 0 Å². The number of rotatable bonds is 3. The molecule has 0 bridgehead atoms. The van der Waals surface area contributed by atoms with Gasteiger partial charge < -0.3 is 4.90 Å². The van der Waals surface area contributed by atoms with Gasteiger partial charge in [-0.05, 0) is 48.7 Å². The fourth-order valence-electron chi connectivity index (χ4n) is 2.90. The van der Waals surface area contributed by atoms with Gasteiger partial charge in [-0.15, -0.1) is 0 Å². The van der Waals surface area contributed by atoms with Crippen molar-refractivity contribution in [3.8, 4) is 0 Å². The van der Waals surface area contributed by atoms with E-state index < -0.39 is 10.0 Å². The largest absolute Gasteiger partial charge is 0.364 e. The normalized spacial score (nSPS) is 17.6. The highest BCUT2D eigenvalue weighted by Crippen LogP contribution is 2.35. The van der Waals surface area contributed by atoms with Crippen molar-refractivity contribution >= 4 is 27.3 Å². The first kappa shape index (κ1) is 15.3. The highest BCUT2D eigenvalue weighted by atomic mass is 35.5. The Kier molecular flexibility index (Phi) is 3.89. The predicted octanol–water partition coefficient (Wildman–Crippen LogP) is 2.94. The molecule has 1 aliphatic rings. The molecule has 0 fully saturated rings. The van der Waals surface area contributed by atoms with Crippen LogP contribution in [-0.2, 0) is 23.0 Å². The Morgan fingerprint density at radius 2 is 2.00 bits per heavy atom. The van der Waals surface area contributed by atoms with E-state index in [1.54, 1.807) is 12.1 Å². The first-order valence-corrected chi connectivity index (χ1v) is 8.94. The number of primary sulfonamides is 1. The number of fused-ring (bicyclic) bond motifs is 1. The second kappa shape index (κ2) is 5.57. The third kappa shape index (κ3) is 2.84. The van der Waals surface area contributed by atoms with E-state index in [1.807, 2.05) is 30.3 Å². The Morgan fingerprint density at radius 1 is 1.27 bits per heavy atom. The van der Waals surface area contributed by atoms with Gasteiger partial charge in [0.2, 0.25) is 10.0 Å². The summed E-state index contributed by atoms with van der Waals surface area (Å²) in [5.41, 5.74) is 3.10. The smallest absolute Gasteiger partial charge is 0.238 e. The molecule has 0 saturated carbocycles. The average molecular weight is 337 g/mol. The summed E-state index contributed by atoms with van der Waals surface area (Å²) < 4.78 is 23.0. The van der Waals surface area contributed by atoms with Gasteiger partial charge in [0.15, 0.2) is 0 Å². The lowest BCUT2D eigenvalue weighted by Gasteiger charge is -2.25. The van der Waals surface area contributed by atoms with Gasteiger partial charge in [-0.2, -0.15) is 0 Å². The van der Waals surface area contributed by atoms with Crippen LogP contribution in [0.15, 0.2) is 47.4 Å². The molecule has 0 aromatic heterocycles. The van der Waals surface area contributed by atoms with Gasteiger partial charge >= 0.3 is 0 Å². The molecular weight excluding hydrogens is 320 g/mol. The summed E-state index contributed by atoms with van der Waals surface area (Å²) in [5.74, 6) is 0. The van der Waals surface area contributed by atoms with E-state index in [-0.39, 0.29) is 10.9 Å². The van der Waals surface area contributed by atoms with Gasteiger partial charge in [-0.1, -0.05) is 29.8 Å². The number of hydrogen-bond donors (Lipinski definition) is 1. The average Bonchev–Trinajstić information content (AvgIpc) is 2.76. The number of halogens is 1. The maximum absolute atomic E-state index is 11.5. The van der Waals surface area contributed by atoms with E-state index in [4.69, 9.17) is 16.7 Å². The lowest BCUT2D eigenvalue weighted by atomic mass is 10.1. The minimum absolute atomic E-state index is 0.165. The standard InChI is InChI=1S/C16H17ClN2O2S/c1-11-8-13-9-14(22(18,20)21)6-7-16(13)19(11)10-12-4-2-3-5-15(12)17/h2-7,9,11H,8,10H2,1H3,(H2,18,20,21)/t11-/m1/s1. The Hall–Kier alpha value is -1.56. The van der Waals surface area contributed by atoms with Crippen LogP contribution in [0.3, 0.4) is 0 Å². The lowest BCUT2D eigenvalue weighted by Crippen LogP contribution is -2.28. The summed E-state index contributed by atoms with van der Waals surface area (Å²) >= 11 is 6.24. The van der Waals surface area contributed by atoms with Crippen LogP contribution in [0.4, 0.5) is 5.69 Å². The van der Waals surface area contributed by atoms with Crippen molar-refractivity contribution in [2.45, 2.75) is 30.8 Å². The number of benzene rings is 2. The number of sulfonamides is 1. The number of anilines is 1. The molecule has 116 valence electrons. The van der Waals surface area contributed by atoms with Crippen LogP contribution in [0, 0.1) is 0 Å². The molecule has 1 atom stereocenters. The van der Waals surface area contributed by atoms with Gasteiger partial charge in [0, 0.05) is 23.3 Å². The molecule has 0 amide bonds. The molecule has 3 rings (SSSR count). The van der Waals surface area contributed by atoms with Gasteiger partial charge in [-0.25, -0.2) is 13.6 Å². The minimum atomic E-state index is -3.66. The number of nitrogens with zero attached hydrogens (tertiary/aromatic N) is 1. The third-order valence-electron chi connectivity index (χ3n) is 4.03.